The molecule has 0 aromatic heterocycles. The first-order valence-electron chi connectivity index (χ1n) is 10.9. The minimum atomic E-state index is -3.78. The second-order valence-corrected chi connectivity index (χ2v) is 10.5. The van der Waals surface area contributed by atoms with Crippen molar-refractivity contribution >= 4 is 27.8 Å². The molecule has 2 aliphatic rings. The Bertz CT molecular complexity index is 931. The number of nitrogens with zero attached hydrogens (tertiary/aromatic N) is 3. The predicted molar refractivity (Wildman–Crippen MR) is 121 cm³/mol. The van der Waals surface area contributed by atoms with Crippen molar-refractivity contribution in [1.29, 1.82) is 5.41 Å². The molecule has 176 valence electrons. The molecule has 10 nitrogen and oxygen atoms in total. The Hall–Kier alpha value is -2.66. The molecule has 1 aromatic rings. The largest absolute Gasteiger partial charge is 0.370 e. The number of hydrogen-bond donors (Lipinski definition) is 3. The number of carbonyl (C=O) groups is 2. The fourth-order valence-corrected chi connectivity index (χ4v) is 5.94. The van der Waals surface area contributed by atoms with Gasteiger partial charge >= 0.3 is 0 Å². The maximum Gasteiger partial charge on any atom is 0.240 e. The molecule has 1 atom stereocenters. The number of rotatable bonds is 8. The van der Waals surface area contributed by atoms with E-state index >= 15 is 0 Å². The van der Waals surface area contributed by atoms with Crippen LogP contribution in [0.5, 0.6) is 0 Å². The van der Waals surface area contributed by atoms with Gasteiger partial charge in [0.15, 0.2) is 5.96 Å². The van der Waals surface area contributed by atoms with Gasteiger partial charge < -0.3 is 21.3 Å². The number of nitrogens with two attached hydrogens (primary N) is 2. The number of sulfonamides is 1. The third-order valence-electron chi connectivity index (χ3n) is 6.22. The Morgan fingerprint density at radius 1 is 1.06 bits per heavy atom. The Balaban J connectivity index is 1.75. The van der Waals surface area contributed by atoms with E-state index in [4.69, 9.17) is 16.9 Å². The molecule has 0 spiro atoms. The summed E-state index contributed by atoms with van der Waals surface area (Å²) in [5, 5.41) is 7.57. The van der Waals surface area contributed by atoms with Crippen molar-refractivity contribution in [3.8, 4) is 0 Å². The average Bonchev–Trinajstić information content (AvgIpc) is 3.24. The third-order valence-corrected chi connectivity index (χ3v) is 7.98. The maximum absolute atomic E-state index is 13.3. The molecule has 5 N–H and O–H groups in total. The van der Waals surface area contributed by atoms with Crippen LogP contribution in [0.3, 0.4) is 0 Å². The summed E-state index contributed by atoms with van der Waals surface area (Å²) in [7, 11) is -3.78. The van der Waals surface area contributed by atoms with Gasteiger partial charge in [0.05, 0.1) is 12.3 Å². The molecule has 0 saturated carbocycles. The number of primary amides is 1. The van der Waals surface area contributed by atoms with Gasteiger partial charge in [0, 0.05) is 26.2 Å². The lowest BCUT2D eigenvalue weighted by atomic mass is 9.97. The number of nitrogens with one attached hydrogen (secondary N) is 1. The standard InChI is InChI=1S/C21H32N6O4S/c22-20(29)18-7-4-10-27(18)19(28)14-26(13-16-8-11-25(12-9-16)21(23)24)32(30,31)15-17-5-2-1-3-6-17/h1-3,5-6,16,18H,4,7-15H2,(H2,22,29)(H3,23,24)/t18-/m0/s1. The van der Waals surface area contributed by atoms with E-state index in [1.54, 1.807) is 29.2 Å². The zero-order chi connectivity index (χ0) is 23.3. The number of carbonyl (C=O) groups excluding carboxylic acids is 2. The molecule has 2 aliphatic heterocycles. The first-order valence-corrected chi connectivity index (χ1v) is 12.5. The second-order valence-electron chi connectivity index (χ2n) is 8.50. The molecule has 0 bridgehead atoms. The molecule has 0 unspecified atom stereocenters. The van der Waals surface area contributed by atoms with Crippen LogP contribution in [0.25, 0.3) is 0 Å². The van der Waals surface area contributed by atoms with Crippen molar-refractivity contribution in [2.75, 3.05) is 32.7 Å². The van der Waals surface area contributed by atoms with Gasteiger partial charge in [0.25, 0.3) is 0 Å². The molecule has 32 heavy (non-hydrogen) atoms. The SMILES string of the molecule is N=C(N)N1CCC(CN(CC(=O)N2CCC[C@H]2C(N)=O)S(=O)(=O)Cc2ccccc2)CC1. The molecular formula is C21H32N6O4S. The highest BCUT2D eigenvalue weighted by atomic mass is 32.2. The number of piperidine rings is 1. The van der Waals surface area contributed by atoms with Gasteiger partial charge in [-0.2, -0.15) is 4.31 Å². The molecule has 2 saturated heterocycles. The first-order chi connectivity index (χ1) is 15.2. The number of likely N-dealkylation sites (tertiary alicyclic amines) is 2. The van der Waals surface area contributed by atoms with Crippen molar-refractivity contribution in [1.82, 2.24) is 14.1 Å². The minimum absolute atomic E-state index is 0.0127. The second kappa shape index (κ2) is 10.3. The summed E-state index contributed by atoms with van der Waals surface area (Å²) in [6.45, 7) is 1.45. The molecule has 2 heterocycles. The normalized spacial score (nSPS) is 20.0. The van der Waals surface area contributed by atoms with Gasteiger partial charge in [0.1, 0.15) is 6.04 Å². The van der Waals surface area contributed by atoms with E-state index in [2.05, 4.69) is 0 Å². The van der Waals surface area contributed by atoms with E-state index in [1.165, 1.54) is 9.21 Å². The molecule has 0 radical (unpaired) electrons. The van der Waals surface area contributed by atoms with Gasteiger partial charge in [-0.1, -0.05) is 30.3 Å². The fraction of sp³-hybridized carbons (Fsp3) is 0.571. The molecule has 2 amide bonds. The van der Waals surface area contributed by atoms with Crippen LogP contribution in [-0.4, -0.2) is 79.1 Å². The van der Waals surface area contributed by atoms with Crippen molar-refractivity contribution < 1.29 is 18.0 Å². The lowest BCUT2D eigenvalue weighted by Crippen LogP contribution is -2.50. The van der Waals surface area contributed by atoms with Crippen LogP contribution in [0.2, 0.25) is 0 Å². The van der Waals surface area contributed by atoms with Crippen molar-refractivity contribution in [3.63, 3.8) is 0 Å². The summed E-state index contributed by atoms with van der Waals surface area (Å²) in [6.07, 6.45) is 2.53. The summed E-state index contributed by atoms with van der Waals surface area (Å²) in [4.78, 5) is 27.9. The summed E-state index contributed by atoms with van der Waals surface area (Å²) in [5.41, 5.74) is 11.6. The Morgan fingerprint density at radius 3 is 2.31 bits per heavy atom. The van der Waals surface area contributed by atoms with E-state index in [1.807, 2.05) is 6.07 Å². The van der Waals surface area contributed by atoms with Crippen LogP contribution >= 0.6 is 0 Å². The quantitative estimate of drug-likeness (QED) is 0.361. The number of benzene rings is 1. The number of guanidine groups is 1. The minimum Gasteiger partial charge on any atom is -0.370 e. The Labute approximate surface area is 189 Å². The Morgan fingerprint density at radius 2 is 1.72 bits per heavy atom. The van der Waals surface area contributed by atoms with Crippen LogP contribution in [0, 0.1) is 11.3 Å². The van der Waals surface area contributed by atoms with Crippen LogP contribution in [0.15, 0.2) is 30.3 Å². The lowest BCUT2D eigenvalue weighted by Gasteiger charge is -2.35. The van der Waals surface area contributed by atoms with Crippen LogP contribution in [0.4, 0.5) is 0 Å². The van der Waals surface area contributed by atoms with Gasteiger partial charge in [-0.3, -0.25) is 15.0 Å². The molecular weight excluding hydrogens is 432 g/mol. The summed E-state index contributed by atoms with van der Waals surface area (Å²) >= 11 is 0. The summed E-state index contributed by atoms with van der Waals surface area (Å²) < 4.78 is 27.9. The zero-order valence-corrected chi connectivity index (χ0v) is 19.0. The van der Waals surface area contributed by atoms with Crippen LogP contribution in [-0.2, 0) is 25.4 Å². The van der Waals surface area contributed by atoms with Crippen molar-refractivity contribution in [3.05, 3.63) is 35.9 Å². The van der Waals surface area contributed by atoms with E-state index in [-0.39, 0.29) is 30.7 Å². The lowest BCUT2D eigenvalue weighted by molar-refractivity contribution is -0.137. The topological polar surface area (TPSA) is 154 Å². The van der Waals surface area contributed by atoms with E-state index in [9.17, 15) is 18.0 Å². The van der Waals surface area contributed by atoms with Crippen LogP contribution < -0.4 is 11.5 Å². The fourth-order valence-electron chi connectivity index (χ4n) is 4.40. The summed E-state index contributed by atoms with van der Waals surface area (Å²) in [6, 6.07) is 8.18. The number of hydrogen-bond acceptors (Lipinski definition) is 5. The zero-order valence-electron chi connectivity index (χ0n) is 18.2. The highest BCUT2D eigenvalue weighted by Crippen LogP contribution is 2.23. The average molecular weight is 465 g/mol. The smallest absolute Gasteiger partial charge is 0.240 e. The van der Waals surface area contributed by atoms with Crippen molar-refractivity contribution in [2.45, 2.75) is 37.5 Å². The summed E-state index contributed by atoms with van der Waals surface area (Å²) in [5.74, 6) is -1.10. The molecule has 2 fully saturated rings. The molecule has 3 rings (SSSR count). The van der Waals surface area contributed by atoms with Gasteiger partial charge in [-0.05, 0) is 37.2 Å². The Kier molecular flexibility index (Phi) is 7.73. The highest BCUT2D eigenvalue weighted by Gasteiger charge is 2.36. The molecule has 11 heteroatoms. The number of amides is 2. The van der Waals surface area contributed by atoms with Crippen LogP contribution in [0.1, 0.15) is 31.2 Å². The van der Waals surface area contributed by atoms with Crippen molar-refractivity contribution in [2.24, 2.45) is 17.4 Å². The van der Waals surface area contributed by atoms with Gasteiger partial charge in [-0.25, -0.2) is 8.42 Å². The first kappa shape index (κ1) is 24.0. The third kappa shape index (κ3) is 5.98. The molecule has 1 aromatic carbocycles. The molecule has 0 aliphatic carbocycles. The van der Waals surface area contributed by atoms with E-state index < -0.39 is 27.9 Å². The monoisotopic (exact) mass is 464 g/mol. The van der Waals surface area contributed by atoms with Gasteiger partial charge in [-0.15, -0.1) is 0 Å². The van der Waals surface area contributed by atoms with E-state index in [0.29, 0.717) is 50.9 Å². The highest BCUT2D eigenvalue weighted by molar-refractivity contribution is 7.88. The van der Waals surface area contributed by atoms with E-state index in [0.717, 1.165) is 0 Å². The predicted octanol–water partition coefficient (Wildman–Crippen LogP) is -0.0998. The maximum atomic E-state index is 13.3. The van der Waals surface area contributed by atoms with Gasteiger partial charge in [0.2, 0.25) is 21.8 Å².